The van der Waals surface area contributed by atoms with E-state index < -0.39 is 11.9 Å². The highest BCUT2D eigenvalue weighted by molar-refractivity contribution is 6.08. The van der Waals surface area contributed by atoms with Crippen LogP contribution in [-0.4, -0.2) is 31.7 Å². The SMILES string of the molecule is O=C(COC(=O)Cc1coc2ccc3ccccc3c12)Nc1ccc2c(c1)OCCCO2. The largest absolute Gasteiger partial charge is 0.490 e. The third kappa shape index (κ3) is 4.09. The Labute approximate surface area is 183 Å². The van der Waals surface area contributed by atoms with Gasteiger partial charge in [-0.05, 0) is 29.0 Å². The molecule has 0 bridgehead atoms. The number of hydrogen-bond acceptors (Lipinski definition) is 6. The molecule has 1 N–H and O–H groups in total. The summed E-state index contributed by atoms with van der Waals surface area (Å²) < 4.78 is 22.0. The molecule has 2 heterocycles. The number of anilines is 1. The number of rotatable bonds is 5. The van der Waals surface area contributed by atoms with Gasteiger partial charge in [0.2, 0.25) is 0 Å². The fourth-order valence-electron chi connectivity index (χ4n) is 3.80. The summed E-state index contributed by atoms with van der Waals surface area (Å²) in [5.41, 5.74) is 1.98. The number of nitrogens with one attached hydrogen (secondary N) is 1. The van der Waals surface area contributed by atoms with Crippen molar-refractivity contribution in [1.82, 2.24) is 0 Å². The standard InChI is InChI=1S/C25H21NO6/c27-23(26-18-7-9-20-22(13-18)30-11-3-10-29-20)15-32-24(28)12-17-14-31-21-8-6-16-4-1-2-5-19(16)25(17)21/h1-2,4-9,13-14H,3,10-12,15H2,(H,26,27). The minimum atomic E-state index is -0.505. The Balaban J connectivity index is 1.22. The number of benzene rings is 3. The number of fused-ring (bicyclic) bond motifs is 4. The fourth-order valence-corrected chi connectivity index (χ4v) is 3.80. The van der Waals surface area contributed by atoms with Crippen LogP contribution in [0, 0.1) is 0 Å². The van der Waals surface area contributed by atoms with E-state index in [2.05, 4.69) is 5.32 Å². The van der Waals surface area contributed by atoms with Crippen molar-refractivity contribution in [3.8, 4) is 11.5 Å². The Morgan fingerprint density at radius 1 is 0.969 bits per heavy atom. The highest BCUT2D eigenvalue weighted by atomic mass is 16.5. The van der Waals surface area contributed by atoms with Crippen LogP contribution in [0.5, 0.6) is 11.5 Å². The molecule has 1 aromatic heterocycles. The van der Waals surface area contributed by atoms with Gasteiger partial charge in [-0.1, -0.05) is 30.3 Å². The van der Waals surface area contributed by atoms with Crippen LogP contribution in [0.25, 0.3) is 21.7 Å². The minimum Gasteiger partial charge on any atom is -0.490 e. The molecule has 7 heteroatoms. The van der Waals surface area contributed by atoms with Crippen LogP contribution >= 0.6 is 0 Å². The first-order valence-electron chi connectivity index (χ1n) is 10.4. The number of carbonyl (C=O) groups excluding carboxylic acids is 2. The second kappa shape index (κ2) is 8.63. The van der Waals surface area contributed by atoms with Crippen molar-refractivity contribution < 1.29 is 28.2 Å². The molecule has 0 saturated carbocycles. The average Bonchev–Trinajstić information content (AvgIpc) is 3.06. The highest BCUT2D eigenvalue weighted by Crippen LogP contribution is 2.32. The van der Waals surface area contributed by atoms with E-state index in [9.17, 15) is 9.59 Å². The van der Waals surface area contributed by atoms with Crippen LogP contribution in [0.2, 0.25) is 0 Å². The number of hydrogen-bond donors (Lipinski definition) is 1. The van der Waals surface area contributed by atoms with E-state index in [1.807, 2.05) is 36.4 Å². The maximum Gasteiger partial charge on any atom is 0.310 e. The van der Waals surface area contributed by atoms with Crippen LogP contribution in [0.4, 0.5) is 5.69 Å². The van der Waals surface area contributed by atoms with Crippen molar-refractivity contribution in [2.45, 2.75) is 12.8 Å². The number of carbonyl (C=O) groups is 2. The smallest absolute Gasteiger partial charge is 0.310 e. The lowest BCUT2D eigenvalue weighted by atomic mass is 10.0. The van der Waals surface area contributed by atoms with Crippen molar-refractivity contribution in [1.29, 1.82) is 0 Å². The first-order chi connectivity index (χ1) is 15.7. The summed E-state index contributed by atoms with van der Waals surface area (Å²) in [5, 5.41) is 5.66. The van der Waals surface area contributed by atoms with Crippen molar-refractivity contribution in [2.75, 3.05) is 25.1 Å². The topological polar surface area (TPSA) is 87.0 Å². The Bertz CT molecular complexity index is 1310. The van der Waals surface area contributed by atoms with Crippen molar-refractivity contribution in [3.63, 3.8) is 0 Å². The van der Waals surface area contributed by atoms with Crippen LogP contribution in [0.1, 0.15) is 12.0 Å². The lowest BCUT2D eigenvalue weighted by Gasteiger charge is -2.10. The molecule has 162 valence electrons. The quantitative estimate of drug-likeness (QED) is 0.469. The molecule has 7 nitrogen and oxygen atoms in total. The van der Waals surface area contributed by atoms with E-state index in [1.165, 1.54) is 0 Å². The van der Waals surface area contributed by atoms with E-state index in [0.29, 0.717) is 36.0 Å². The van der Waals surface area contributed by atoms with Crippen LogP contribution < -0.4 is 14.8 Å². The molecule has 0 spiro atoms. The molecule has 0 unspecified atom stereocenters. The molecule has 4 aromatic rings. The fraction of sp³-hybridized carbons (Fsp3) is 0.200. The van der Waals surface area contributed by atoms with E-state index in [4.69, 9.17) is 18.6 Å². The highest BCUT2D eigenvalue weighted by Gasteiger charge is 2.16. The van der Waals surface area contributed by atoms with Crippen LogP contribution in [-0.2, 0) is 20.7 Å². The van der Waals surface area contributed by atoms with Gasteiger partial charge in [0.05, 0.1) is 25.9 Å². The summed E-state index contributed by atoms with van der Waals surface area (Å²) in [5.74, 6) is 0.285. The predicted molar refractivity (Wildman–Crippen MR) is 119 cm³/mol. The van der Waals surface area contributed by atoms with E-state index in [0.717, 1.165) is 28.1 Å². The van der Waals surface area contributed by atoms with Crippen molar-refractivity contribution in [3.05, 3.63) is 66.4 Å². The predicted octanol–water partition coefficient (Wildman–Crippen LogP) is 4.47. The van der Waals surface area contributed by atoms with Crippen LogP contribution in [0.15, 0.2) is 65.3 Å². The van der Waals surface area contributed by atoms with Gasteiger partial charge in [0.15, 0.2) is 18.1 Å². The lowest BCUT2D eigenvalue weighted by Crippen LogP contribution is -2.21. The molecule has 0 radical (unpaired) electrons. The third-order valence-electron chi connectivity index (χ3n) is 5.27. The normalized spacial score (nSPS) is 13.0. The molecule has 0 atom stereocenters. The monoisotopic (exact) mass is 431 g/mol. The Morgan fingerprint density at radius 2 is 1.81 bits per heavy atom. The van der Waals surface area contributed by atoms with Gasteiger partial charge in [-0.3, -0.25) is 9.59 Å². The summed E-state index contributed by atoms with van der Waals surface area (Å²) in [6.07, 6.45) is 2.38. The van der Waals surface area contributed by atoms with Gasteiger partial charge in [-0.15, -0.1) is 0 Å². The van der Waals surface area contributed by atoms with Gasteiger partial charge in [-0.25, -0.2) is 0 Å². The van der Waals surface area contributed by atoms with E-state index >= 15 is 0 Å². The van der Waals surface area contributed by atoms with E-state index in [-0.39, 0.29) is 13.0 Å². The molecule has 0 saturated heterocycles. The first kappa shape index (κ1) is 19.9. The van der Waals surface area contributed by atoms with E-state index in [1.54, 1.807) is 24.5 Å². The molecule has 0 aliphatic carbocycles. The number of ether oxygens (including phenoxy) is 3. The molecular weight excluding hydrogens is 410 g/mol. The van der Waals surface area contributed by atoms with Gasteiger partial charge in [0.25, 0.3) is 5.91 Å². The third-order valence-corrected chi connectivity index (χ3v) is 5.27. The molecule has 5 rings (SSSR count). The Morgan fingerprint density at radius 3 is 2.72 bits per heavy atom. The van der Waals surface area contributed by atoms with Gasteiger partial charge in [0, 0.05) is 29.1 Å². The number of esters is 1. The van der Waals surface area contributed by atoms with Gasteiger partial charge < -0.3 is 23.9 Å². The molecule has 1 amide bonds. The zero-order chi connectivity index (χ0) is 21.9. The van der Waals surface area contributed by atoms with Gasteiger partial charge in [-0.2, -0.15) is 0 Å². The molecule has 3 aromatic carbocycles. The zero-order valence-corrected chi connectivity index (χ0v) is 17.3. The molecule has 1 aliphatic heterocycles. The molecule has 1 aliphatic rings. The van der Waals surface area contributed by atoms with Crippen LogP contribution in [0.3, 0.4) is 0 Å². The molecular formula is C25H21NO6. The summed E-state index contributed by atoms with van der Waals surface area (Å²) in [4.78, 5) is 24.7. The number of furan rings is 1. The Kier molecular flexibility index (Phi) is 5.37. The summed E-state index contributed by atoms with van der Waals surface area (Å²) in [7, 11) is 0. The zero-order valence-electron chi connectivity index (χ0n) is 17.3. The summed E-state index contributed by atoms with van der Waals surface area (Å²) >= 11 is 0. The van der Waals surface area contributed by atoms with Gasteiger partial charge in [0.1, 0.15) is 5.58 Å². The van der Waals surface area contributed by atoms with Crippen molar-refractivity contribution in [2.24, 2.45) is 0 Å². The Hall–Kier alpha value is -4.00. The maximum atomic E-state index is 12.4. The second-order valence-corrected chi connectivity index (χ2v) is 7.52. The van der Waals surface area contributed by atoms with Gasteiger partial charge >= 0.3 is 5.97 Å². The average molecular weight is 431 g/mol. The first-order valence-corrected chi connectivity index (χ1v) is 10.4. The lowest BCUT2D eigenvalue weighted by molar-refractivity contribution is -0.146. The molecule has 32 heavy (non-hydrogen) atoms. The molecule has 0 fully saturated rings. The second-order valence-electron chi connectivity index (χ2n) is 7.52. The minimum absolute atomic E-state index is 0.0122. The summed E-state index contributed by atoms with van der Waals surface area (Å²) in [6, 6.07) is 16.9. The maximum absolute atomic E-state index is 12.4. The number of amides is 1. The van der Waals surface area contributed by atoms with Crippen molar-refractivity contribution >= 4 is 39.3 Å². The summed E-state index contributed by atoms with van der Waals surface area (Å²) in [6.45, 7) is 0.764.